The molecule has 0 unspecified atom stereocenters. The van der Waals surface area contributed by atoms with Crippen LogP contribution < -0.4 is 5.32 Å². The third-order valence-corrected chi connectivity index (χ3v) is 4.71. The summed E-state index contributed by atoms with van der Waals surface area (Å²) in [6.07, 6.45) is 4.86. The number of anilines is 1. The van der Waals surface area contributed by atoms with E-state index >= 15 is 0 Å². The Morgan fingerprint density at radius 2 is 2.14 bits per heavy atom. The lowest BCUT2D eigenvalue weighted by molar-refractivity contribution is -0.111. The molecular weight excluding hydrogens is 397 g/mol. The number of tetrazole rings is 1. The third-order valence-electron chi connectivity index (χ3n) is 4.31. The maximum Gasteiger partial charge on any atom is 0.248 e. The monoisotopic (exact) mass is 417 g/mol. The first kappa shape index (κ1) is 20.7. The second-order valence-electron chi connectivity index (χ2n) is 6.49. The van der Waals surface area contributed by atoms with Gasteiger partial charge in [-0.25, -0.2) is 4.39 Å². The Balaban J connectivity index is 1.76. The summed E-state index contributed by atoms with van der Waals surface area (Å²) in [6.45, 7) is 6.34. The van der Waals surface area contributed by atoms with Crippen LogP contribution in [0.1, 0.15) is 36.8 Å². The lowest BCUT2D eigenvalue weighted by atomic mass is 10.2. The van der Waals surface area contributed by atoms with Gasteiger partial charge in [-0.15, -0.1) is 5.10 Å². The summed E-state index contributed by atoms with van der Waals surface area (Å²) in [5.74, 6) is -0.520. The molecule has 3 aromatic rings. The molecule has 0 atom stereocenters. The lowest BCUT2D eigenvalue weighted by Crippen LogP contribution is -2.10. The number of carbonyl (C=O) groups excluding carboxylic acids is 1. The Kier molecular flexibility index (Phi) is 6.38. The number of nitrogens with zero attached hydrogens (tertiary/aromatic N) is 6. The number of rotatable bonds is 7. The molecule has 152 valence electrons. The standard InChI is InChI=1S/C19H21ClFN7O/c1-4-5-10-27-19(20)15(12(2)24-27)7-9-18(29)22-17-11-14(6-8-16(17)21)28-13(3)23-25-26-28/h6-9,11H,4-5,10H2,1-3H3,(H,22,29)/b9-7+. The van der Waals surface area contributed by atoms with Gasteiger partial charge in [-0.2, -0.15) is 9.78 Å². The zero-order valence-corrected chi connectivity index (χ0v) is 17.1. The number of nitrogens with one attached hydrogen (secondary N) is 1. The van der Waals surface area contributed by atoms with Crippen molar-refractivity contribution in [1.29, 1.82) is 0 Å². The highest BCUT2D eigenvalue weighted by atomic mass is 35.5. The molecule has 0 aliphatic heterocycles. The Hall–Kier alpha value is -3.07. The van der Waals surface area contributed by atoms with E-state index in [2.05, 4.69) is 32.9 Å². The van der Waals surface area contributed by atoms with Crippen molar-refractivity contribution in [3.05, 3.63) is 52.3 Å². The molecule has 1 amide bonds. The third kappa shape index (κ3) is 4.68. The Bertz CT molecular complexity index is 1060. The number of carbonyl (C=O) groups is 1. The van der Waals surface area contributed by atoms with E-state index < -0.39 is 11.7 Å². The Morgan fingerprint density at radius 1 is 1.34 bits per heavy atom. The summed E-state index contributed by atoms with van der Waals surface area (Å²) in [5.41, 5.74) is 1.94. The summed E-state index contributed by atoms with van der Waals surface area (Å²) in [5, 5.41) is 18.6. The number of amides is 1. The zero-order chi connectivity index (χ0) is 21.0. The molecule has 0 saturated heterocycles. The quantitative estimate of drug-likeness (QED) is 0.591. The fourth-order valence-electron chi connectivity index (χ4n) is 2.76. The van der Waals surface area contributed by atoms with Gasteiger partial charge in [0.25, 0.3) is 0 Å². The average Bonchev–Trinajstić information content (AvgIpc) is 3.23. The molecule has 0 aliphatic carbocycles. The van der Waals surface area contributed by atoms with Gasteiger partial charge in [-0.1, -0.05) is 24.9 Å². The molecule has 2 aromatic heterocycles. The number of unbranched alkanes of at least 4 members (excludes halogenated alkanes) is 1. The maximum atomic E-state index is 14.2. The first-order chi connectivity index (χ1) is 13.9. The van der Waals surface area contributed by atoms with Gasteiger partial charge in [0.1, 0.15) is 11.0 Å². The molecule has 3 rings (SSSR count). The van der Waals surface area contributed by atoms with Gasteiger partial charge in [-0.3, -0.25) is 9.48 Å². The minimum absolute atomic E-state index is 0.0218. The van der Waals surface area contributed by atoms with Gasteiger partial charge < -0.3 is 5.32 Å². The number of benzene rings is 1. The van der Waals surface area contributed by atoms with Crippen molar-refractivity contribution in [3.63, 3.8) is 0 Å². The molecule has 0 bridgehead atoms. The van der Waals surface area contributed by atoms with Crippen LogP contribution in [0.3, 0.4) is 0 Å². The second-order valence-corrected chi connectivity index (χ2v) is 6.85. The zero-order valence-electron chi connectivity index (χ0n) is 16.4. The molecule has 1 N–H and O–H groups in total. The van der Waals surface area contributed by atoms with Crippen LogP contribution in [0.4, 0.5) is 10.1 Å². The van der Waals surface area contributed by atoms with Gasteiger partial charge in [-0.05, 0) is 55.0 Å². The topological polar surface area (TPSA) is 90.5 Å². The molecule has 10 heteroatoms. The van der Waals surface area contributed by atoms with Gasteiger partial charge in [0.05, 0.1) is 17.1 Å². The minimum Gasteiger partial charge on any atom is -0.320 e. The largest absolute Gasteiger partial charge is 0.320 e. The molecule has 2 heterocycles. The predicted molar refractivity (Wildman–Crippen MR) is 108 cm³/mol. The summed E-state index contributed by atoms with van der Waals surface area (Å²) in [6, 6.07) is 4.23. The fraction of sp³-hybridized carbons (Fsp3) is 0.316. The van der Waals surface area contributed by atoms with Crippen molar-refractivity contribution < 1.29 is 9.18 Å². The predicted octanol–water partition coefficient (Wildman–Crippen LogP) is 3.72. The van der Waals surface area contributed by atoms with Crippen LogP contribution in [-0.2, 0) is 11.3 Å². The van der Waals surface area contributed by atoms with Crippen LogP contribution in [-0.4, -0.2) is 35.9 Å². The van der Waals surface area contributed by atoms with Crippen LogP contribution in [0.2, 0.25) is 5.15 Å². The van der Waals surface area contributed by atoms with Crippen molar-refractivity contribution in [1.82, 2.24) is 30.0 Å². The van der Waals surface area contributed by atoms with E-state index in [1.165, 1.54) is 29.0 Å². The van der Waals surface area contributed by atoms with E-state index in [4.69, 9.17) is 11.6 Å². The van der Waals surface area contributed by atoms with Gasteiger partial charge in [0, 0.05) is 18.2 Å². The Morgan fingerprint density at radius 3 is 2.83 bits per heavy atom. The first-order valence-corrected chi connectivity index (χ1v) is 9.55. The highest BCUT2D eigenvalue weighted by Gasteiger charge is 2.12. The molecule has 0 aliphatic rings. The number of aryl methyl sites for hydroxylation is 3. The van der Waals surface area contributed by atoms with Crippen molar-refractivity contribution >= 4 is 29.3 Å². The van der Waals surface area contributed by atoms with Gasteiger partial charge in [0.15, 0.2) is 5.82 Å². The number of halogens is 2. The molecular formula is C19H21ClFN7O. The van der Waals surface area contributed by atoms with Crippen LogP contribution in [0.15, 0.2) is 24.3 Å². The average molecular weight is 418 g/mol. The van der Waals surface area contributed by atoms with Crippen LogP contribution >= 0.6 is 11.6 Å². The SMILES string of the molecule is CCCCn1nc(C)c(/C=C/C(=O)Nc2cc(-n3nnnc3C)ccc2F)c1Cl. The highest BCUT2D eigenvalue weighted by Crippen LogP contribution is 2.22. The van der Waals surface area contributed by atoms with Crippen molar-refractivity contribution in [2.45, 2.75) is 40.2 Å². The molecule has 0 spiro atoms. The molecule has 0 radical (unpaired) electrons. The molecule has 0 fully saturated rings. The maximum absolute atomic E-state index is 14.2. The van der Waals surface area contributed by atoms with E-state index in [-0.39, 0.29) is 5.69 Å². The molecule has 8 nitrogen and oxygen atoms in total. The van der Waals surface area contributed by atoms with Gasteiger partial charge >= 0.3 is 0 Å². The highest BCUT2D eigenvalue weighted by molar-refractivity contribution is 6.31. The van der Waals surface area contributed by atoms with E-state index in [0.29, 0.717) is 28.8 Å². The van der Waals surface area contributed by atoms with Crippen LogP contribution in [0.25, 0.3) is 11.8 Å². The molecule has 1 aromatic carbocycles. The van der Waals surface area contributed by atoms with Crippen molar-refractivity contribution in [2.75, 3.05) is 5.32 Å². The van der Waals surface area contributed by atoms with Gasteiger partial charge in [0.2, 0.25) is 5.91 Å². The smallest absolute Gasteiger partial charge is 0.248 e. The second kappa shape index (κ2) is 8.95. The number of aromatic nitrogens is 6. The molecule has 0 saturated carbocycles. The van der Waals surface area contributed by atoms with E-state index in [0.717, 1.165) is 18.5 Å². The van der Waals surface area contributed by atoms with Crippen LogP contribution in [0.5, 0.6) is 0 Å². The minimum atomic E-state index is -0.567. The lowest BCUT2D eigenvalue weighted by Gasteiger charge is -2.07. The normalized spacial score (nSPS) is 11.3. The summed E-state index contributed by atoms with van der Waals surface area (Å²) in [4.78, 5) is 12.3. The van der Waals surface area contributed by atoms with Crippen molar-refractivity contribution in [3.8, 4) is 5.69 Å². The van der Waals surface area contributed by atoms with E-state index in [9.17, 15) is 9.18 Å². The van der Waals surface area contributed by atoms with Crippen LogP contribution in [0, 0.1) is 19.7 Å². The number of hydrogen-bond acceptors (Lipinski definition) is 5. The summed E-state index contributed by atoms with van der Waals surface area (Å²) < 4.78 is 17.3. The molecule has 29 heavy (non-hydrogen) atoms. The first-order valence-electron chi connectivity index (χ1n) is 9.17. The van der Waals surface area contributed by atoms with E-state index in [1.54, 1.807) is 17.7 Å². The fourth-order valence-corrected chi connectivity index (χ4v) is 3.08. The van der Waals surface area contributed by atoms with E-state index in [1.807, 2.05) is 6.92 Å². The summed E-state index contributed by atoms with van der Waals surface area (Å²) >= 11 is 6.36. The van der Waals surface area contributed by atoms with Crippen molar-refractivity contribution in [2.24, 2.45) is 0 Å². The number of hydrogen-bond donors (Lipinski definition) is 1. The summed E-state index contributed by atoms with van der Waals surface area (Å²) in [7, 11) is 0. The Labute approximate surface area is 172 Å².